The molecule has 9 heteroatoms. The lowest BCUT2D eigenvalue weighted by molar-refractivity contribution is 0.598. The number of benzene rings is 2. The number of rotatable bonds is 4. The Hall–Kier alpha value is -1.58. The molecule has 0 unspecified atom stereocenters. The lowest BCUT2D eigenvalue weighted by atomic mass is 10.3. The number of anilines is 2. The number of halogens is 1. The van der Waals surface area contributed by atoms with E-state index < -0.39 is 20.0 Å². The van der Waals surface area contributed by atoms with E-state index in [0.717, 1.165) is 0 Å². The van der Waals surface area contributed by atoms with E-state index in [0.29, 0.717) is 28.8 Å². The molecule has 3 rings (SSSR count). The number of hydrogen-bond acceptors (Lipinski definition) is 4. The molecule has 1 aliphatic rings. The van der Waals surface area contributed by atoms with Gasteiger partial charge in [0.15, 0.2) is 0 Å². The molecule has 0 aliphatic carbocycles. The Bertz CT molecular complexity index is 957. The predicted octanol–water partition coefficient (Wildman–Crippen LogP) is 2.79. The first-order chi connectivity index (χ1) is 11.3. The standard InChI is InChI=1S/C15H15BrN2O4S2/c16-12-3-1-4-15(11-12)24(21,22)17-13-5-7-14(8-6-13)18-9-2-10-23(18,19)20/h1,3-8,11,17H,2,9-10H2. The van der Waals surface area contributed by atoms with E-state index in [4.69, 9.17) is 0 Å². The minimum atomic E-state index is -3.70. The molecule has 0 spiro atoms. The Morgan fingerprint density at radius 1 is 1.08 bits per heavy atom. The molecule has 128 valence electrons. The molecule has 0 radical (unpaired) electrons. The van der Waals surface area contributed by atoms with Crippen LogP contribution in [0.5, 0.6) is 0 Å². The molecule has 6 nitrogen and oxygen atoms in total. The fourth-order valence-corrected chi connectivity index (χ4v) is 5.69. The smallest absolute Gasteiger partial charge is 0.261 e. The van der Waals surface area contributed by atoms with Crippen molar-refractivity contribution >= 4 is 47.4 Å². The van der Waals surface area contributed by atoms with Crippen LogP contribution in [0.15, 0.2) is 57.9 Å². The van der Waals surface area contributed by atoms with Crippen molar-refractivity contribution in [2.24, 2.45) is 0 Å². The van der Waals surface area contributed by atoms with Gasteiger partial charge in [0.05, 0.1) is 16.3 Å². The van der Waals surface area contributed by atoms with E-state index in [9.17, 15) is 16.8 Å². The van der Waals surface area contributed by atoms with Gasteiger partial charge in [-0.25, -0.2) is 16.8 Å². The molecule has 2 aromatic carbocycles. The number of sulfonamides is 2. The second-order valence-corrected chi connectivity index (χ2v) is 9.96. The Labute approximate surface area is 149 Å². The third-order valence-corrected chi connectivity index (χ3v) is 7.35. The first kappa shape index (κ1) is 17.2. The molecule has 0 atom stereocenters. The number of nitrogens with zero attached hydrogens (tertiary/aromatic N) is 1. The van der Waals surface area contributed by atoms with Gasteiger partial charge in [-0.15, -0.1) is 0 Å². The van der Waals surface area contributed by atoms with Gasteiger partial charge in [0, 0.05) is 16.7 Å². The average molecular weight is 431 g/mol. The van der Waals surface area contributed by atoms with Crippen molar-refractivity contribution in [2.45, 2.75) is 11.3 Å². The average Bonchev–Trinajstić information content (AvgIpc) is 2.87. The van der Waals surface area contributed by atoms with Crippen molar-refractivity contribution < 1.29 is 16.8 Å². The zero-order valence-electron chi connectivity index (χ0n) is 12.5. The highest BCUT2D eigenvalue weighted by molar-refractivity contribution is 9.10. The summed E-state index contributed by atoms with van der Waals surface area (Å²) < 4.78 is 53.0. The maximum Gasteiger partial charge on any atom is 0.261 e. The molecule has 2 aromatic rings. The van der Waals surface area contributed by atoms with Crippen molar-refractivity contribution in [1.29, 1.82) is 0 Å². The van der Waals surface area contributed by atoms with E-state index >= 15 is 0 Å². The molecule has 1 aliphatic heterocycles. The SMILES string of the molecule is O=S(=O)(Nc1ccc(N2CCCS2(=O)=O)cc1)c1cccc(Br)c1. The molecule has 0 amide bonds. The van der Waals surface area contributed by atoms with E-state index in [1.54, 1.807) is 36.4 Å². The summed E-state index contributed by atoms with van der Waals surface area (Å²) in [5, 5.41) is 0. The van der Waals surface area contributed by atoms with E-state index in [1.807, 2.05) is 0 Å². The van der Waals surface area contributed by atoms with Gasteiger partial charge >= 0.3 is 0 Å². The van der Waals surface area contributed by atoms with Gasteiger partial charge in [-0.3, -0.25) is 9.03 Å². The highest BCUT2D eigenvalue weighted by Gasteiger charge is 2.28. The van der Waals surface area contributed by atoms with Gasteiger partial charge in [-0.05, 0) is 48.9 Å². The molecule has 24 heavy (non-hydrogen) atoms. The zero-order valence-corrected chi connectivity index (χ0v) is 15.7. The highest BCUT2D eigenvalue weighted by atomic mass is 79.9. The van der Waals surface area contributed by atoms with Crippen LogP contribution in [-0.4, -0.2) is 29.1 Å². The maximum atomic E-state index is 12.4. The van der Waals surface area contributed by atoms with Crippen molar-refractivity contribution in [2.75, 3.05) is 21.3 Å². The summed E-state index contributed by atoms with van der Waals surface area (Å²) in [5.74, 6) is 0.143. The van der Waals surface area contributed by atoms with Crippen LogP contribution in [0.25, 0.3) is 0 Å². The summed E-state index contributed by atoms with van der Waals surface area (Å²) in [6, 6.07) is 12.7. The first-order valence-corrected chi connectivity index (χ1v) is 11.1. The fraction of sp³-hybridized carbons (Fsp3) is 0.200. The third kappa shape index (κ3) is 3.57. The van der Waals surface area contributed by atoms with Crippen LogP contribution in [0.2, 0.25) is 0 Å². The van der Waals surface area contributed by atoms with Crippen LogP contribution in [-0.2, 0) is 20.0 Å². The molecular formula is C15H15BrN2O4S2. The Morgan fingerprint density at radius 2 is 1.79 bits per heavy atom. The summed E-state index contributed by atoms with van der Waals surface area (Å²) >= 11 is 3.24. The fourth-order valence-electron chi connectivity index (χ4n) is 2.47. The van der Waals surface area contributed by atoms with Crippen LogP contribution in [0.4, 0.5) is 11.4 Å². The van der Waals surface area contributed by atoms with Gasteiger partial charge in [-0.2, -0.15) is 0 Å². The topological polar surface area (TPSA) is 83.6 Å². The first-order valence-electron chi connectivity index (χ1n) is 7.17. The molecule has 1 saturated heterocycles. The summed E-state index contributed by atoms with van der Waals surface area (Å²) in [6.45, 7) is 0.450. The summed E-state index contributed by atoms with van der Waals surface area (Å²) in [7, 11) is -6.95. The van der Waals surface area contributed by atoms with Crippen molar-refractivity contribution in [3.63, 3.8) is 0 Å². The Kier molecular flexibility index (Phi) is 4.58. The second-order valence-electron chi connectivity index (χ2n) is 5.35. The van der Waals surface area contributed by atoms with Crippen LogP contribution >= 0.6 is 15.9 Å². The van der Waals surface area contributed by atoms with Crippen LogP contribution in [0.3, 0.4) is 0 Å². The highest BCUT2D eigenvalue weighted by Crippen LogP contribution is 2.26. The zero-order chi connectivity index (χ0) is 17.4. The second kappa shape index (κ2) is 6.38. The van der Waals surface area contributed by atoms with Crippen molar-refractivity contribution in [3.05, 3.63) is 53.0 Å². The minimum Gasteiger partial charge on any atom is -0.280 e. The largest absolute Gasteiger partial charge is 0.280 e. The predicted molar refractivity (Wildman–Crippen MR) is 97.1 cm³/mol. The molecular weight excluding hydrogens is 416 g/mol. The number of hydrogen-bond donors (Lipinski definition) is 1. The Morgan fingerprint density at radius 3 is 2.38 bits per heavy atom. The van der Waals surface area contributed by atoms with E-state index in [-0.39, 0.29) is 10.6 Å². The lowest BCUT2D eigenvalue weighted by Crippen LogP contribution is -2.25. The maximum absolute atomic E-state index is 12.4. The minimum absolute atomic E-state index is 0.142. The van der Waals surface area contributed by atoms with Crippen molar-refractivity contribution in [1.82, 2.24) is 0 Å². The van der Waals surface area contributed by atoms with Crippen LogP contribution < -0.4 is 9.03 Å². The number of nitrogens with one attached hydrogen (secondary N) is 1. The molecule has 0 saturated carbocycles. The normalized spacial score (nSPS) is 17.0. The van der Waals surface area contributed by atoms with Crippen LogP contribution in [0, 0.1) is 0 Å². The molecule has 1 heterocycles. The van der Waals surface area contributed by atoms with E-state index in [1.165, 1.54) is 16.4 Å². The van der Waals surface area contributed by atoms with E-state index in [2.05, 4.69) is 20.7 Å². The van der Waals surface area contributed by atoms with Gasteiger partial charge in [0.2, 0.25) is 10.0 Å². The summed E-state index contributed by atoms with van der Waals surface area (Å²) in [6.07, 6.45) is 0.597. The van der Waals surface area contributed by atoms with Gasteiger partial charge in [-0.1, -0.05) is 22.0 Å². The third-order valence-electron chi connectivity index (χ3n) is 3.61. The summed E-state index contributed by atoms with van der Waals surface area (Å²) in [5.41, 5.74) is 0.910. The molecule has 0 bridgehead atoms. The molecule has 1 N–H and O–H groups in total. The lowest BCUT2D eigenvalue weighted by Gasteiger charge is -2.17. The van der Waals surface area contributed by atoms with Gasteiger partial charge in [0.1, 0.15) is 0 Å². The van der Waals surface area contributed by atoms with Crippen molar-refractivity contribution in [3.8, 4) is 0 Å². The monoisotopic (exact) mass is 430 g/mol. The molecule has 1 fully saturated rings. The van der Waals surface area contributed by atoms with Gasteiger partial charge < -0.3 is 0 Å². The Balaban J connectivity index is 1.82. The van der Waals surface area contributed by atoms with Gasteiger partial charge in [0.25, 0.3) is 10.0 Å². The quantitative estimate of drug-likeness (QED) is 0.807. The van der Waals surface area contributed by atoms with Crippen LogP contribution in [0.1, 0.15) is 6.42 Å². The molecule has 0 aromatic heterocycles. The summed E-state index contributed by atoms with van der Waals surface area (Å²) in [4.78, 5) is 0.142.